The summed E-state index contributed by atoms with van der Waals surface area (Å²) in [6.45, 7) is 10.8. The van der Waals surface area contributed by atoms with E-state index in [0.29, 0.717) is 11.5 Å². The Morgan fingerprint density at radius 2 is 1.71 bits per heavy atom. The van der Waals surface area contributed by atoms with Crippen LogP contribution in [0.15, 0.2) is 0 Å². The fourth-order valence-electron chi connectivity index (χ4n) is 4.22. The summed E-state index contributed by atoms with van der Waals surface area (Å²) in [7, 11) is 0. The topological polar surface area (TPSA) is 35.5 Å². The van der Waals surface area contributed by atoms with E-state index < -0.39 is 5.60 Å². The van der Waals surface area contributed by atoms with Gasteiger partial charge in [-0.25, -0.2) is 0 Å². The molecule has 124 valence electrons. The minimum absolute atomic E-state index is 0.425. The molecular weight excluding hydrogens is 260 g/mol. The standard InChI is InChI=1S/C18H36N2O/c1-16(2)19-13-18(10-6-4-5-7-11-18)15-20-12-8-9-17(3,21)14-20/h16,19,21H,4-15H2,1-3H3. The van der Waals surface area contributed by atoms with E-state index in [1.54, 1.807) is 0 Å². The Kier molecular flexibility index (Phi) is 6.10. The van der Waals surface area contributed by atoms with E-state index in [4.69, 9.17) is 0 Å². The van der Waals surface area contributed by atoms with Gasteiger partial charge in [0.05, 0.1) is 5.60 Å². The summed E-state index contributed by atoms with van der Waals surface area (Å²) in [5.74, 6) is 0. The molecule has 1 heterocycles. The Bertz CT molecular complexity index is 306. The maximum absolute atomic E-state index is 10.4. The molecular formula is C18H36N2O. The highest BCUT2D eigenvalue weighted by atomic mass is 16.3. The molecule has 2 rings (SSSR count). The minimum Gasteiger partial charge on any atom is -0.389 e. The van der Waals surface area contributed by atoms with Crippen LogP contribution in [0.25, 0.3) is 0 Å². The lowest BCUT2D eigenvalue weighted by Crippen LogP contribution is -2.52. The third-order valence-corrected chi connectivity index (χ3v) is 5.36. The fraction of sp³-hybridized carbons (Fsp3) is 1.00. The van der Waals surface area contributed by atoms with Crippen molar-refractivity contribution in [2.75, 3.05) is 26.2 Å². The van der Waals surface area contributed by atoms with Gasteiger partial charge in [0.1, 0.15) is 0 Å². The highest BCUT2D eigenvalue weighted by Gasteiger charge is 2.36. The Balaban J connectivity index is 2.00. The van der Waals surface area contributed by atoms with E-state index in [2.05, 4.69) is 24.1 Å². The maximum atomic E-state index is 10.4. The molecule has 0 spiro atoms. The van der Waals surface area contributed by atoms with Crippen molar-refractivity contribution in [3.05, 3.63) is 0 Å². The molecule has 1 saturated heterocycles. The van der Waals surface area contributed by atoms with Crippen molar-refractivity contribution in [1.29, 1.82) is 0 Å². The van der Waals surface area contributed by atoms with E-state index >= 15 is 0 Å². The van der Waals surface area contributed by atoms with E-state index in [-0.39, 0.29) is 0 Å². The van der Waals surface area contributed by atoms with Crippen LogP contribution in [0.1, 0.15) is 72.1 Å². The molecule has 0 radical (unpaired) electrons. The van der Waals surface area contributed by atoms with Gasteiger partial charge in [0.15, 0.2) is 0 Å². The van der Waals surface area contributed by atoms with Gasteiger partial charge in [0, 0.05) is 25.7 Å². The van der Waals surface area contributed by atoms with Crippen LogP contribution in [0.5, 0.6) is 0 Å². The van der Waals surface area contributed by atoms with Gasteiger partial charge in [-0.2, -0.15) is 0 Å². The van der Waals surface area contributed by atoms with Crippen molar-refractivity contribution >= 4 is 0 Å². The lowest BCUT2D eigenvalue weighted by Gasteiger charge is -2.43. The van der Waals surface area contributed by atoms with Crippen molar-refractivity contribution in [3.63, 3.8) is 0 Å². The van der Waals surface area contributed by atoms with Gasteiger partial charge in [0.2, 0.25) is 0 Å². The van der Waals surface area contributed by atoms with E-state index in [1.165, 1.54) is 51.6 Å². The van der Waals surface area contributed by atoms with E-state index in [0.717, 1.165) is 25.9 Å². The molecule has 1 atom stereocenters. The van der Waals surface area contributed by atoms with Crippen LogP contribution < -0.4 is 5.32 Å². The van der Waals surface area contributed by atoms with Crippen LogP contribution in [-0.4, -0.2) is 47.8 Å². The quantitative estimate of drug-likeness (QED) is 0.765. The molecule has 0 aromatic rings. The summed E-state index contributed by atoms with van der Waals surface area (Å²) in [5.41, 5.74) is -0.0518. The summed E-state index contributed by atoms with van der Waals surface area (Å²) in [6, 6.07) is 0.564. The monoisotopic (exact) mass is 296 g/mol. The van der Waals surface area contributed by atoms with Gasteiger partial charge >= 0.3 is 0 Å². The number of aliphatic hydroxyl groups is 1. The van der Waals surface area contributed by atoms with Gasteiger partial charge in [-0.05, 0) is 44.6 Å². The molecule has 1 saturated carbocycles. The third kappa shape index (κ3) is 5.54. The zero-order valence-corrected chi connectivity index (χ0v) is 14.5. The molecule has 21 heavy (non-hydrogen) atoms. The molecule has 0 bridgehead atoms. The molecule has 2 aliphatic rings. The predicted octanol–water partition coefficient (Wildman–Crippen LogP) is 3.17. The molecule has 0 amide bonds. The second-order valence-electron chi connectivity index (χ2n) is 8.26. The molecule has 1 aliphatic heterocycles. The molecule has 1 aliphatic carbocycles. The van der Waals surface area contributed by atoms with E-state index in [9.17, 15) is 5.11 Å². The summed E-state index contributed by atoms with van der Waals surface area (Å²) < 4.78 is 0. The lowest BCUT2D eigenvalue weighted by molar-refractivity contribution is -0.0305. The number of β-amino-alcohol motifs (C(OH)–C–C–N with tert-alkyl or cyclic N) is 1. The maximum Gasteiger partial charge on any atom is 0.0746 e. The molecule has 3 nitrogen and oxygen atoms in total. The van der Waals surface area contributed by atoms with Gasteiger partial charge in [-0.15, -0.1) is 0 Å². The molecule has 3 heteroatoms. The van der Waals surface area contributed by atoms with Crippen LogP contribution in [0.2, 0.25) is 0 Å². The van der Waals surface area contributed by atoms with Crippen LogP contribution in [0.3, 0.4) is 0 Å². The molecule has 2 fully saturated rings. The van der Waals surface area contributed by atoms with Crippen LogP contribution >= 0.6 is 0 Å². The molecule has 2 N–H and O–H groups in total. The number of nitrogens with one attached hydrogen (secondary N) is 1. The van der Waals surface area contributed by atoms with Gasteiger partial charge in [0.25, 0.3) is 0 Å². The Morgan fingerprint density at radius 1 is 1.05 bits per heavy atom. The molecule has 0 aromatic heterocycles. The van der Waals surface area contributed by atoms with Crippen LogP contribution in [-0.2, 0) is 0 Å². The second kappa shape index (κ2) is 7.43. The van der Waals surface area contributed by atoms with Crippen LogP contribution in [0, 0.1) is 5.41 Å². The van der Waals surface area contributed by atoms with Crippen molar-refractivity contribution in [2.24, 2.45) is 5.41 Å². The minimum atomic E-state index is -0.477. The van der Waals surface area contributed by atoms with Crippen molar-refractivity contribution in [1.82, 2.24) is 10.2 Å². The van der Waals surface area contributed by atoms with Crippen molar-refractivity contribution < 1.29 is 5.11 Å². The van der Waals surface area contributed by atoms with E-state index in [1.807, 2.05) is 6.92 Å². The first-order chi connectivity index (χ1) is 9.91. The fourth-order valence-corrected chi connectivity index (χ4v) is 4.22. The number of hydrogen-bond donors (Lipinski definition) is 2. The number of rotatable bonds is 5. The van der Waals surface area contributed by atoms with Crippen LogP contribution in [0.4, 0.5) is 0 Å². The average molecular weight is 296 g/mol. The first-order valence-corrected chi connectivity index (χ1v) is 9.09. The summed E-state index contributed by atoms with van der Waals surface area (Å²) in [6.07, 6.45) is 10.4. The van der Waals surface area contributed by atoms with Gasteiger partial charge < -0.3 is 10.4 Å². The lowest BCUT2D eigenvalue weighted by atomic mass is 9.78. The number of piperidine rings is 1. The SMILES string of the molecule is CC(C)NCC1(CN2CCCC(C)(O)C2)CCCCCC1. The zero-order valence-electron chi connectivity index (χ0n) is 14.5. The molecule has 0 aromatic carbocycles. The third-order valence-electron chi connectivity index (χ3n) is 5.36. The zero-order chi connectivity index (χ0) is 15.3. The number of likely N-dealkylation sites (tertiary alicyclic amines) is 1. The number of nitrogens with zero attached hydrogens (tertiary/aromatic N) is 1. The molecule has 1 unspecified atom stereocenters. The first-order valence-electron chi connectivity index (χ1n) is 9.09. The highest BCUT2D eigenvalue weighted by molar-refractivity contribution is 4.91. The average Bonchev–Trinajstić information content (AvgIpc) is 2.61. The largest absolute Gasteiger partial charge is 0.389 e. The Morgan fingerprint density at radius 3 is 2.29 bits per heavy atom. The van der Waals surface area contributed by atoms with Gasteiger partial charge in [-0.3, -0.25) is 4.90 Å². The van der Waals surface area contributed by atoms with Crippen molar-refractivity contribution in [2.45, 2.75) is 83.8 Å². The predicted molar refractivity (Wildman–Crippen MR) is 89.6 cm³/mol. The normalized spacial score (nSPS) is 31.3. The summed E-state index contributed by atoms with van der Waals surface area (Å²) in [5, 5.41) is 14.1. The first kappa shape index (κ1) is 17.2. The highest BCUT2D eigenvalue weighted by Crippen LogP contribution is 2.36. The Labute approximate surface area is 131 Å². The number of hydrogen-bond acceptors (Lipinski definition) is 3. The van der Waals surface area contributed by atoms with Crippen molar-refractivity contribution in [3.8, 4) is 0 Å². The smallest absolute Gasteiger partial charge is 0.0746 e. The Hall–Kier alpha value is -0.120. The van der Waals surface area contributed by atoms with Gasteiger partial charge in [-0.1, -0.05) is 39.5 Å². The summed E-state index contributed by atoms with van der Waals surface area (Å²) >= 11 is 0. The summed E-state index contributed by atoms with van der Waals surface area (Å²) in [4.78, 5) is 2.54. The second-order valence-corrected chi connectivity index (χ2v) is 8.26.